The van der Waals surface area contributed by atoms with Crippen LogP contribution < -0.4 is 9.47 Å². The fraction of sp³-hybridized carbons (Fsp3) is 0.192. The number of benzene rings is 3. The topological polar surface area (TPSA) is 90.8 Å². The molecule has 2 aliphatic heterocycles. The number of hydrogen-bond acceptors (Lipinski definition) is 8. The van der Waals surface area contributed by atoms with Crippen molar-refractivity contribution in [3.8, 4) is 11.5 Å². The summed E-state index contributed by atoms with van der Waals surface area (Å²) < 4.78 is 64.4. The highest BCUT2D eigenvalue weighted by molar-refractivity contribution is 7.00. The number of esters is 1. The van der Waals surface area contributed by atoms with E-state index in [0.717, 1.165) is 23.9 Å². The van der Waals surface area contributed by atoms with E-state index >= 15 is 0 Å². The van der Waals surface area contributed by atoms with Gasteiger partial charge in [-0.05, 0) is 53.6 Å². The van der Waals surface area contributed by atoms with Crippen LogP contribution in [0.15, 0.2) is 66.2 Å². The van der Waals surface area contributed by atoms with Crippen LogP contribution in [0.3, 0.4) is 0 Å². The number of hydrogen-bond donors (Lipinski definition) is 1. The second kappa shape index (κ2) is 8.56. The third kappa shape index (κ3) is 4.09. The number of fused-ring (bicyclic) bond motifs is 2. The molecule has 0 amide bonds. The third-order valence-electron chi connectivity index (χ3n) is 6.29. The largest absolute Gasteiger partial charge is 0.486 e. The van der Waals surface area contributed by atoms with Crippen molar-refractivity contribution < 1.29 is 37.3 Å². The van der Waals surface area contributed by atoms with Crippen LogP contribution in [0.4, 0.5) is 13.2 Å². The van der Waals surface area contributed by atoms with Crippen molar-refractivity contribution in [3.05, 3.63) is 88.5 Å². The smallest absolute Gasteiger partial charge is 0.416 e. The number of aliphatic hydroxyl groups is 1. The Bertz CT molecular complexity index is 1560. The van der Waals surface area contributed by atoms with Gasteiger partial charge < -0.3 is 19.3 Å². The highest BCUT2D eigenvalue weighted by Gasteiger charge is 2.48. The first-order chi connectivity index (χ1) is 17.7. The maximum absolute atomic E-state index is 13.2. The Hall–Kier alpha value is -3.96. The summed E-state index contributed by atoms with van der Waals surface area (Å²) >= 11 is 1.02. The summed E-state index contributed by atoms with van der Waals surface area (Å²) in [5, 5.41) is 11.8. The highest BCUT2D eigenvalue weighted by atomic mass is 32.1. The zero-order chi connectivity index (χ0) is 25.8. The second-order valence-electron chi connectivity index (χ2n) is 8.58. The number of carbonyl (C=O) groups excluding carboxylic acids is 1. The van der Waals surface area contributed by atoms with Crippen LogP contribution >= 0.6 is 11.7 Å². The molecule has 1 N–H and O–H groups in total. The normalized spacial score (nSPS) is 19.4. The van der Waals surface area contributed by atoms with Gasteiger partial charge in [0.15, 0.2) is 11.5 Å². The first-order valence-electron chi connectivity index (χ1n) is 11.2. The Morgan fingerprint density at radius 3 is 2.41 bits per heavy atom. The molecule has 1 aromatic heterocycles. The molecule has 4 aromatic rings. The van der Waals surface area contributed by atoms with Crippen LogP contribution in [-0.4, -0.2) is 33.0 Å². The van der Waals surface area contributed by atoms with Gasteiger partial charge in [-0.3, -0.25) is 0 Å². The Labute approximate surface area is 212 Å². The molecule has 1 atom stereocenters. The summed E-state index contributed by atoms with van der Waals surface area (Å²) in [4.78, 5) is 13.2. The molecular formula is C26H17F3N2O5S. The Kier molecular flexibility index (Phi) is 5.42. The monoisotopic (exact) mass is 526 g/mol. The average Bonchev–Trinajstić information content (AvgIpc) is 3.45. The molecule has 11 heteroatoms. The van der Waals surface area contributed by atoms with Crippen LogP contribution in [0.25, 0.3) is 16.6 Å². The molecule has 0 aliphatic carbocycles. The molecule has 0 saturated heterocycles. The van der Waals surface area contributed by atoms with Crippen molar-refractivity contribution in [2.75, 3.05) is 13.2 Å². The van der Waals surface area contributed by atoms with Crippen molar-refractivity contribution in [1.82, 2.24) is 8.75 Å². The number of alkyl halides is 3. The molecular weight excluding hydrogens is 509 g/mol. The van der Waals surface area contributed by atoms with E-state index in [1.165, 1.54) is 18.2 Å². The number of rotatable bonds is 4. The predicted octanol–water partition coefficient (Wildman–Crippen LogP) is 4.88. The molecule has 7 nitrogen and oxygen atoms in total. The van der Waals surface area contributed by atoms with Gasteiger partial charge >= 0.3 is 12.1 Å². The van der Waals surface area contributed by atoms with Crippen molar-refractivity contribution >= 4 is 34.3 Å². The van der Waals surface area contributed by atoms with Gasteiger partial charge in [0, 0.05) is 17.6 Å². The molecule has 1 unspecified atom stereocenters. The van der Waals surface area contributed by atoms with E-state index in [0.29, 0.717) is 46.9 Å². The van der Waals surface area contributed by atoms with Gasteiger partial charge in [-0.1, -0.05) is 18.2 Å². The zero-order valence-electron chi connectivity index (χ0n) is 18.9. The van der Waals surface area contributed by atoms with Crippen LogP contribution in [0.2, 0.25) is 0 Å². The highest BCUT2D eigenvalue weighted by Crippen LogP contribution is 2.47. The molecule has 37 heavy (non-hydrogen) atoms. The van der Waals surface area contributed by atoms with E-state index in [4.69, 9.17) is 14.2 Å². The van der Waals surface area contributed by atoms with E-state index in [-0.39, 0.29) is 23.1 Å². The molecule has 3 aromatic carbocycles. The van der Waals surface area contributed by atoms with Crippen LogP contribution in [0, 0.1) is 0 Å². The number of carbonyl (C=O) groups is 1. The van der Waals surface area contributed by atoms with E-state index in [2.05, 4.69) is 8.75 Å². The number of cyclic esters (lactones) is 1. The van der Waals surface area contributed by atoms with Crippen molar-refractivity contribution in [2.45, 2.75) is 18.4 Å². The number of aromatic nitrogens is 2. The minimum Gasteiger partial charge on any atom is -0.486 e. The van der Waals surface area contributed by atoms with Crippen LogP contribution in [0.5, 0.6) is 11.5 Å². The molecule has 0 fully saturated rings. The van der Waals surface area contributed by atoms with Gasteiger partial charge in [0.1, 0.15) is 24.2 Å². The van der Waals surface area contributed by atoms with Crippen LogP contribution in [-0.2, 0) is 27.9 Å². The fourth-order valence-electron chi connectivity index (χ4n) is 4.48. The minimum absolute atomic E-state index is 0.0580. The molecule has 6 rings (SSSR count). The lowest BCUT2D eigenvalue weighted by Crippen LogP contribution is -2.30. The number of ether oxygens (including phenoxy) is 3. The molecule has 188 valence electrons. The van der Waals surface area contributed by atoms with Crippen molar-refractivity contribution in [3.63, 3.8) is 0 Å². The van der Waals surface area contributed by atoms with Gasteiger partial charge in [0.05, 0.1) is 22.9 Å². The summed E-state index contributed by atoms with van der Waals surface area (Å²) in [6, 6.07) is 14.3. The summed E-state index contributed by atoms with van der Waals surface area (Å²) in [6.07, 6.45) is -4.55. The van der Waals surface area contributed by atoms with E-state index < -0.39 is 23.5 Å². The number of halogens is 3. The molecule has 0 radical (unpaired) electrons. The summed E-state index contributed by atoms with van der Waals surface area (Å²) in [7, 11) is 0. The molecule has 2 aliphatic rings. The zero-order valence-corrected chi connectivity index (χ0v) is 19.7. The Morgan fingerprint density at radius 1 is 0.919 bits per heavy atom. The van der Waals surface area contributed by atoms with E-state index in [1.807, 2.05) is 0 Å². The summed E-state index contributed by atoms with van der Waals surface area (Å²) in [5.41, 5.74) is 1.81. The molecule has 0 spiro atoms. The predicted molar refractivity (Wildman–Crippen MR) is 127 cm³/mol. The Morgan fingerprint density at radius 2 is 1.65 bits per heavy atom. The van der Waals surface area contributed by atoms with Crippen molar-refractivity contribution in [2.24, 2.45) is 0 Å². The molecule has 3 heterocycles. The van der Waals surface area contributed by atoms with Gasteiger partial charge in [0.2, 0.25) is 0 Å². The lowest BCUT2D eigenvalue weighted by atomic mass is 9.87. The molecule has 0 bridgehead atoms. The maximum Gasteiger partial charge on any atom is 0.416 e. The van der Waals surface area contributed by atoms with Gasteiger partial charge in [-0.2, -0.15) is 21.9 Å². The fourth-order valence-corrected chi connectivity index (χ4v) is 5.00. The third-order valence-corrected chi connectivity index (χ3v) is 6.85. The number of nitrogens with zero attached hydrogens (tertiary/aromatic N) is 2. The lowest BCUT2D eigenvalue weighted by molar-refractivity contribution is -0.185. The summed E-state index contributed by atoms with van der Waals surface area (Å²) in [5.74, 6) is -2.11. The quantitative estimate of drug-likeness (QED) is 0.379. The second-order valence-corrected chi connectivity index (χ2v) is 9.11. The Balaban J connectivity index is 1.49. The maximum atomic E-state index is 13.2. The average molecular weight is 526 g/mol. The van der Waals surface area contributed by atoms with Gasteiger partial charge in [0.25, 0.3) is 5.79 Å². The van der Waals surface area contributed by atoms with Crippen molar-refractivity contribution in [1.29, 1.82) is 0 Å². The SMILES string of the molecule is O=C1OC(O)(c2ccc3c(c2)OCCO3)C(Cc2ccc(C(F)(F)F)cc2)=C1c1ccc2nsnc2c1. The molecule has 0 saturated carbocycles. The standard InChI is InChI=1S/C26H17F3N2O5S/c27-26(28,29)16-4-1-14(2-5-16)11-18-23(15-3-7-19-20(12-15)31-37-30-19)24(32)36-25(18,33)17-6-8-21-22(13-17)35-10-9-34-21/h1-8,12-13,33H,9-11H2. The first-order valence-corrected chi connectivity index (χ1v) is 11.9. The van der Waals surface area contributed by atoms with Gasteiger partial charge in [-0.15, -0.1) is 0 Å². The van der Waals surface area contributed by atoms with E-state index in [9.17, 15) is 23.1 Å². The first kappa shape index (κ1) is 23.4. The lowest BCUT2D eigenvalue weighted by Gasteiger charge is -2.27. The van der Waals surface area contributed by atoms with Gasteiger partial charge in [-0.25, -0.2) is 4.79 Å². The van der Waals surface area contributed by atoms with E-state index in [1.54, 1.807) is 30.3 Å². The summed E-state index contributed by atoms with van der Waals surface area (Å²) in [6.45, 7) is 0.693. The van der Waals surface area contributed by atoms with Crippen LogP contribution in [0.1, 0.15) is 22.3 Å². The minimum atomic E-state index is -4.49.